The number of likely N-dealkylation sites (tertiary alicyclic amines) is 1. The Hall–Kier alpha value is -1.85. The molecule has 0 aliphatic carbocycles. The number of aromatic nitrogens is 2. The highest BCUT2D eigenvalue weighted by Gasteiger charge is 2.38. The Bertz CT molecular complexity index is 690. The molecule has 2 fully saturated rings. The van der Waals surface area contributed by atoms with Gasteiger partial charge in [-0.25, -0.2) is 4.68 Å². The van der Waals surface area contributed by atoms with E-state index in [0.29, 0.717) is 5.41 Å². The number of hydrogen-bond donors (Lipinski definition) is 1. The molecule has 1 aromatic carbocycles. The van der Waals surface area contributed by atoms with Gasteiger partial charge in [0.05, 0.1) is 13.3 Å². The number of hydrogen-bond acceptors (Lipinski definition) is 4. The minimum atomic E-state index is 0.559. The Morgan fingerprint density at radius 1 is 1.21 bits per heavy atom. The van der Waals surface area contributed by atoms with Crippen molar-refractivity contribution < 1.29 is 4.74 Å². The second kappa shape index (κ2) is 6.57. The summed E-state index contributed by atoms with van der Waals surface area (Å²) in [5.74, 6) is 0.849. The minimum absolute atomic E-state index is 0.559. The lowest BCUT2D eigenvalue weighted by Gasteiger charge is -2.33. The highest BCUT2D eigenvalue weighted by atomic mass is 16.5. The Kier molecular flexibility index (Phi) is 4.29. The summed E-state index contributed by atoms with van der Waals surface area (Å²) in [4.78, 5) is 2.59. The van der Waals surface area contributed by atoms with E-state index >= 15 is 0 Å². The highest BCUT2D eigenvalue weighted by Crippen LogP contribution is 2.39. The summed E-state index contributed by atoms with van der Waals surface area (Å²) >= 11 is 0. The van der Waals surface area contributed by atoms with Crippen LogP contribution in [0.4, 0.5) is 0 Å². The van der Waals surface area contributed by atoms with Gasteiger partial charge < -0.3 is 10.1 Å². The monoisotopic (exact) mass is 326 g/mol. The number of piperidine rings is 1. The lowest BCUT2D eigenvalue weighted by Crippen LogP contribution is -2.38. The number of ether oxygens (including phenoxy) is 1. The number of methoxy groups -OCH3 is 1. The first kappa shape index (κ1) is 15.7. The molecule has 0 unspecified atom stereocenters. The molecule has 4 rings (SSSR count). The van der Waals surface area contributed by atoms with Crippen molar-refractivity contribution in [2.24, 2.45) is 5.41 Å². The fourth-order valence-corrected chi connectivity index (χ4v) is 4.18. The summed E-state index contributed by atoms with van der Waals surface area (Å²) in [5.41, 5.74) is 2.82. The zero-order valence-corrected chi connectivity index (χ0v) is 14.4. The Labute approximate surface area is 143 Å². The molecule has 0 amide bonds. The standard InChI is InChI=1S/C19H26N4O/c1-24-18-5-3-2-4-17(18)23-14-16(12-21-23)13-22-11-8-19(15-22)6-9-20-10-7-19/h2-5,12,14,20H,6-11,13,15H2,1H3. The first-order valence-corrected chi connectivity index (χ1v) is 8.88. The van der Waals surface area contributed by atoms with Gasteiger partial charge in [0.1, 0.15) is 11.4 Å². The van der Waals surface area contributed by atoms with Gasteiger partial charge in [-0.2, -0.15) is 5.10 Å². The first-order chi connectivity index (χ1) is 11.8. The number of rotatable bonds is 4. The molecule has 0 atom stereocenters. The van der Waals surface area contributed by atoms with Crippen molar-refractivity contribution >= 4 is 0 Å². The van der Waals surface area contributed by atoms with E-state index in [1.807, 2.05) is 35.1 Å². The van der Waals surface area contributed by atoms with Gasteiger partial charge in [-0.1, -0.05) is 12.1 Å². The van der Waals surface area contributed by atoms with Crippen LogP contribution in [0.2, 0.25) is 0 Å². The normalized spacial score (nSPS) is 20.5. The third-order valence-electron chi connectivity index (χ3n) is 5.56. The predicted molar refractivity (Wildman–Crippen MR) is 94.5 cm³/mol. The molecule has 1 aromatic heterocycles. The zero-order chi connectivity index (χ0) is 16.4. The van der Waals surface area contributed by atoms with Crippen LogP contribution >= 0.6 is 0 Å². The summed E-state index contributed by atoms with van der Waals surface area (Å²) in [6.07, 6.45) is 8.11. The third-order valence-corrected chi connectivity index (χ3v) is 5.56. The molecule has 5 nitrogen and oxygen atoms in total. The van der Waals surface area contributed by atoms with Gasteiger partial charge in [0.25, 0.3) is 0 Å². The second-order valence-corrected chi connectivity index (χ2v) is 7.18. The number of benzene rings is 1. The van der Waals surface area contributed by atoms with Gasteiger partial charge in [0.2, 0.25) is 0 Å². The van der Waals surface area contributed by atoms with Gasteiger partial charge in [-0.3, -0.25) is 4.90 Å². The topological polar surface area (TPSA) is 42.3 Å². The maximum absolute atomic E-state index is 5.44. The Balaban J connectivity index is 1.44. The third kappa shape index (κ3) is 3.06. The number of nitrogens with one attached hydrogen (secondary N) is 1. The molecule has 1 spiro atoms. The van der Waals surface area contributed by atoms with Crippen molar-refractivity contribution in [3.8, 4) is 11.4 Å². The van der Waals surface area contributed by atoms with Crippen LogP contribution in [-0.4, -0.2) is 48.0 Å². The van der Waals surface area contributed by atoms with Gasteiger partial charge >= 0.3 is 0 Å². The highest BCUT2D eigenvalue weighted by molar-refractivity contribution is 5.46. The molecule has 128 valence electrons. The van der Waals surface area contributed by atoms with Gasteiger partial charge in [-0.05, 0) is 56.4 Å². The maximum atomic E-state index is 5.44. The van der Waals surface area contributed by atoms with Crippen molar-refractivity contribution in [2.45, 2.75) is 25.8 Å². The van der Waals surface area contributed by atoms with Crippen LogP contribution in [0.5, 0.6) is 5.75 Å². The Morgan fingerprint density at radius 3 is 2.88 bits per heavy atom. The molecule has 1 N–H and O–H groups in total. The van der Waals surface area contributed by atoms with E-state index in [9.17, 15) is 0 Å². The lowest BCUT2D eigenvalue weighted by atomic mass is 9.78. The van der Waals surface area contributed by atoms with E-state index in [1.54, 1.807) is 7.11 Å². The number of nitrogens with zero attached hydrogens (tertiary/aromatic N) is 3. The van der Waals surface area contributed by atoms with Gasteiger partial charge in [0, 0.05) is 24.8 Å². The summed E-state index contributed by atoms with van der Waals surface area (Å²) in [5, 5.41) is 8.03. The zero-order valence-electron chi connectivity index (χ0n) is 14.4. The fraction of sp³-hybridized carbons (Fsp3) is 0.526. The van der Waals surface area contributed by atoms with Crippen molar-refractivity contribution in [1.82, 2.24) is 20.0 Å². The summed E-state index contributed by atoms with van der Waals surface area (Å²) < 4.78 is 7.36. The molecule has 0 saturated carbocycles. The first-order valence-electron chi connectivity index (χ1n) is 8.88. The van der Waals surface area contributed by atoms with Crippen molar-refractivity contribution in [1.29, 1.82) is 0 Å². The predicted octanol–water partition coefficient (Wildman–Crippen LogP) is 2.46. The van der Waals surface area contributed by atoms with Crippen molar-refractivity contribution in [3.05, 3.63) is 42.2 Å². The fourth-order valence-electron chi connectivity index (χ4n) is 4.18. The van der Waals surface area contributed by atoms with Crippen LogP contribution in [-0.2, 0) is 6.54 Å². The van der Waals surface area contributed by atoms with E-state index in [0.717, 1.165) is 18.0 Å². The largest absolute Gasteiger partial charge is 0.494 e. The second-order valence-electron chi connectivity index (χ2n) is 7.18. The molecule has 5 heteroatoms. The van der Waals surface area contributed by atoms with Crippen LogP contribution in [0.25, 0.3) is 5.69 Å². The quantitative estimate of drug-likeness (QED) is 0.937. The van der Waals surface area contributed by atoms with E-state index < -0.39 is 0 Å². The van der Waals surface area contributed by atoms with Crippen LogP contribution in [0.3, 0.4) is 0 Å². The molecule has 3 heterocycles. The molecular formula is C19H26N4O. The average molecular weight is 326 g/mol. The summed E-state index contributed by atoms with van der Waals surface area (Å²) in [6.45, 7) is 5.79. The van der Waals surface area contributed by atoms with Crippen LogP contribution < -0.4 is 10.1 Å². The lowest BCUT2D eigenvalue weighted by molar-refractivity contribution is 0.194. The smallest absolute Gasteiger partial charge is 0.144 e. The van der Waals surface area contributed by atoms with E-state index in [4.69, 9.17) is 4.74 Å². The molecule has 0 radical (unpaired) electrons. The van der Waals surface area contributed by atoms with Crippen molar-refractivity contribution in [2.75, 3.05) is 33.3 Å². The molecule has 2 aliphatic rings. The number of para-hydroxylation sites is 2. The van der Waals surface area contributed by atoms with Crippen LogP contribution in [0, 0.1) is 5.41 Å². The van der Waals surface area contributed by atoms with E-state index in [1.165, 1.54) is 51.0 Å². The minimum Gasteiger partial charge on any atom is -0.494 e. The Morgan fingerprint density at radius 2 is 2.04 bits per heavy atom. The molecular weight excluding hydrogens is 300 g/mol. The maximum Gasteiger partial charge on any atom is 0.144 e. The van der Waals surface area contributed by atoms with Gasteiger partial charge in [-0.15, -0.1) is 0 Å². The van der Waals surface area contributed by atoms with Crippen LogP contribution in [0.15, 0.2) is 36.7 Å². The van der Waals surface area contributed by atoms with Crippen LogP contribution in [0.1, 0.15) is 24.8 Å². The molecule has 2 aliphatic heterocycles. The van der Waals surface area contributed by atoms with Crippen molar-refractivity contribution in [3.63, 3.8) is 0 Å². The summed E-state index contributed by atoms with van der Waals surface area (Å²) in [7, 11) is 1.70. The summed E-state index contributed by atoms with van der Waals surface area (Å²) in [6, 6.07) is 8.00. The average Bonchev–Trinajstić information content (AvgIpc) is 3.23. The molecule has 0 bridgehead atoms. The SMILES string of the molecule is COc1ccccc1-n1cc(CN2CCC3(CCNCC3)C2)cn1. The molecule has 2 aromatic rings. The van der Waals surface area contributed by atoms with E-state index in [-0.39, 0.29) is 0 Å². The van der Waals surface area contributed by atoms with E-state index in [2.05, 4.69) is 21.5 Å². The van der Waals surface area contributed by atoms with Gasteiger partial charge in [0.15, 0.2) is 0 Å². The molecule has 2 saturated heterocycles. The molecule has 24 heavy (non-hydrogen) atoms.